The zero-order chi connectivity index (χ0) is 14.0. The lowest BCUT2D eigenvalue weighted by Gasteiger charge is -2.29. The van der Waals surface area contributed by atoms with Crippen molar-refractivity contribution in [1.82, 2.24) is 4.90 Å². The number of carbonyl (C=O) groups excluding carboxylic acids is 1. The lowest BCUT2D eigenvalue weighted by molar-refractivity contribution is -0.144. The Kier molecular flexibility index (Phi) is 3.75. The minimum Gasteiger partial charge on any atom is -0.478 e. The second kappa shape index (κ2) is 5.17. The average Bonchev–Trinajstić information content (AvgIpc) is 2.77. The fourth-order valence-corrected chi connectivity index (χ4v) is 2.15. The maximum absolute atomic E-state index is 12.8. The van der Waals surface area contributed by atoms with Gasteiger partial charge in [-0.2, -0.15) is 0 Å². The summed E-state index contributed by atoms with van der Waals surface area (Å²) in [5, 5.41) is 9.46. The molecular formula is C14H18FNO3. The van der Waals surface area contributed by atoms with Gasteiger partial charge in [0.15, 0.2) is 5.60 Å². The molecule has 1 heterocycles. The summed E-state index contributed by atoms with van der Waals surface area (Å²) in [5.41, 5.74) is -1.04. The first-order valence-electron chi connectivity index (χ1n) is 6.30. The number of likely N-dealkylation sites (tertiary alicyclic amines) is 1. The van der Waals surface area contributed by atoms with Crippen LogP contribution in [-0.2, 0) is 4.79 Å². The molecule has 104 valence electrons. The van der Waals surface area contributed by atoms with Crippen molar-refractivity contribution in [3.63, 3.8) is 0 Å². The van der Waals surface area contributed by atoms with E-state index in [1.807, 2.05) is 0 Å². The predicted molar refractivity (Wildman–Crippen MR) is 68.3 cm³/mol. The van der Waals surface area contributed by atoms with Crippen LogP contribution in [0.5, 0.6) is 5.75 Å². The van der Waals surface area contributed by atoms with Gasteiger partial charge >= 0.3 is 0 Å². The number of hydrogen-bond donors (Lipinski definition) is 1. The van der Waals surface area contributed by atoms with Gasteiger partial charge in [-0.25, -0.2) is 4.39 Å². The van der Waals surface area contributed by atoms with Crippen LogP contribution in [0.1, 0.15) is 20.3 Å². The highest BCUT2D eigenvalue weighted by atomic mass is 19.1. The van der Waals surface area contributed by atoms with E-state index in [1.165, 1.54) is 24.3 Å². The summed E-state index contributed by atoms with van der Waals surface area (Å²) in [7, 11) is 0. The van der Waals surface area contributed by atoms with Crippen molar-refractivity contribution < 1.29 is 19.0 Å². The van der Waals surface area contributed by atoms with Crippen LogP contribution in [-0.4, -0.2) is 40.7 Å². The smallest absolute Gasteiger partial charge is 0.266 e. The molecule has 0 aliphatic carbocycles. The molecule has 0 spiro atoms. The second-order valence-corrected chi connectivity index (χ2v) is 5.26. The number of hydrogen-bond acceptors (Lipinski definition) is 3. The van der Waals surface area contributed by atoms with Crippen LogP contribution in [0.25, 0.3) is 0 Å². The Hall–Kier alpha value is -1.62. The second-order valence-electron chi connectivity index (χ2n) is 5.26. The fourth-order valence-electron chi connectivity index (χ4n) is 2.15. The van der Waals surface area contributed by atoms with Crippen LogP contribution in [0.3, 0.4) is 0 Å². The lowest BCUT2D eigenvalue weighted by atomic mass is 10.1. The lowest BCUT2D eigenvalue weighted by Crippen LogP contribution is -2.48. The molecule has 19 heavy (non-hydrogen) atoms. The number of carbonyl (C=O) groups is 1. The molecule has 5 heteroatoms. The summed E-state index contributed by atoms with van der Waals surface area (Å²) in [6.45, 7) is 4.22. The van der Waals surface area contributed by atoms with Crippen LogP contribution < -0.4 is 4.74 Å². The van der Waals surface area contributed by atoms with Gasteiger partial charge in [0, 0.05) is 13.1 Å². The third-order valence-electron chi connectivity index (χ3n) is 3.15. The van der Waals surface area contributed by atoms with Crippen molar-refractivity contribution in [2.24, 2.45) is 0 Å². The third kappa shape index (κ3) is 3.23. The standard InChI is InChI=1S/C14H18FNO3/c1-14(2,13(18)16-8-7-11(17)9-16)19-12-5-3-10(15)4-6-12/h3-6,11,17H,7-9H2,1-2H3. The fraction of sp³-hybridized carbons (Fsp3) is 0.500. The zero-order valence-corrected chi connectivity index (χ0v) is 11.1. The maximum Gasteiger partial charge on any atom is 0.266 e. The highest BCUT2D eigenvalue weighted by Gasteiger charge is 2.37. The molecule has 0 aromatic heterocycles. The summed E-state index contributed by atoms with van der Waals surface area (Å²) >= 11 is 0. The van der Waals surface area contributed by atoms with Gasteiger partial charge in [0.25, 0.3) is 5.91 Å². The Morgan fingerprint density at radius 3 is 2.58 bits per heavy atom. The van der Waals surface area contributed by atoms with Crippen LogP contribution >= 0.6 is 0 Å². The first kappa shape index (κ1) is 13.8. The average molecular weight is 267 g/mol. The highest BCUT2D eigenvalue weighted by molar-refractivity contribution is 5.85. The van der Waals surface area contributed by atoms with E-state index < -0.39 is 11.7 Å². The van der Waals surface area contributed by atoms with E-state index in [0.29, 0.717) is 25.3 Å². The number of rotatable bonds is 3. The first-order chi connectivity index (χ1) is 8.88. The monoisotopic (exact) mass is 267 g/mol. The Bertz CT molecular complexity index is 458. The van der Waals surface area contributed by atoms with Crippen molar-refractivity contribution in [1.29, 1.82) is 0 Å². The van der Waals surface area contributed by atoms with E-state index in [2.05, 4.69) is 0 Å². The van der Waals surface area contributed by atoms with Crippen molar-refractivity contribution >= 4 is 5.91 Å². The molecule has 1 aromatic carbocycles. The maximum atomic E-state index is 12.8. The summed E-state index contributed by atoms with van der Waals surface area (Å²) in [4.78, 5) is 13.9. The van der Waals surface area contributed by atoms with Crippen LogP contribution in [0.2, 0.25) is 0 Å². The van der Waals surface area contributed by atoms with Gasteiger partial charge in [-0.15, -0.1) is 0 Å². The van der Waals surface area contributed by atoms with Gasteiger partial charge in [-0.05, 0) is 44.5 Å². The molecule has 1 fully saturated rings. The normalized spacial score (nSPS) is 19.6. The number of ether oxygens (including phenoxy) is 1. The predicted octanol–water partition coefficient (Wildman–Crippen LogP) is 1.58. The number of aliphatic hydroxyl groups excluding tert-OH is 1. The topological polar surface area (TPSA) is 49.8 Å². The van der Waals surface area contributed by atoms with Gasteiger partial charge < -0.3 is 14.7 Å². The molecule has 0 radical (unpaired) electrons. The molecule has 4 nitrogen and oxygen atoms in total. The van der Waals surface area contributed by atoms with Gasteiger partial charge in [-0.3, -0.25) is 4.79 Å². The zero-order valence-electron chi connectivity index (χ0n) is 11.1. The number of amides is 1. The molecular weight excluding hydrogens is 249 g/mol. The van der Waals surface area contributed by atoms with Crippen molar-refractivity contribution in [2.45, 2.75) is 32.0 Å². The summed E-state index contributed by atoms with van der Waals surface area (Å²) < 4.78 is 18.4. The van der Waals surface area contributed by atoms with Crippen molar-refractivity contribution in [2.75, 3.05) is 13.1 Å². The molecule has 1 unspecified atom stereocenters. The van der Waals surface area contributed by atoms with E-state index in [9.17, 15) is 14.3 Å². The Balaban J connectivity index is 2.05. The minimum atomic E-state index is -1.04. The number of halogens is 1. The largest absolute Gasteiger partial charge is 0.478 e. The third-order valence-corrected chi connectivity index (χ3v) is 3.15. The summed E-state index contributed by atoms with van der Waals surface area (Å²) in [6.07, 6.45) is 0.142. The van der Waals surface area contributed by atoms with E-state index in [1.54, 1.807) is 18.7 Å². The molecule has 1 aromatic rings. The Labute approximate surface area is 111 Å². The summed E-state index contributed by atoms with van der Waals surface area (Å²) in [5.74, 6) is -0.0768. The number of benzene rings is 1. The van der Waals surface area contributed by atoms with Crippen molar-refractivity contribution in [3.8, 4) is 5.75 Å². The molecule has 1 saturated heterocycles. The molecule has 1 aliphatic rings. The molecule has 2 rings (SSSR count). The summed E-state index contributed by atoms with van der Waals surface area (Å²) in [6, 6.07) is 5.55. The highest BCUT2D eigenvalue weighted by Crippen LogP contribution is 2.22. The molecule has 1 amide bonds. The van der Waals surface area contributed by atoms with Crippen molar-refractivity contribution in [3.05, 3.63) is 30.1 Å². The van der Waals surface area contributed by atoms with Gasteiger partial charge in [-0.1, -0.05) is 0 Å². The van der Waals surface area contributed by atoms with Gasteiger partial charge in [0.05, 0.1) is 6.10 Å². The minimum absolute atomic E-state index is 0.173. The van der Waals surface area contributed by atoms with E-state index in [-0.39, 0.29) is 11.7 Å². The molecule has 1 aliphatic heterocycles. The SMILES string of the molecule is CC(C)(Oc1ccc(F)cc1)C(=O)N1CCC(O)C1. The van der Waals surface area contributed by atoms with Gasteiger partial charge in [0.1, 0.15) is 11.6 Å². The Morgan fingerprint density at radius 2 is 2.05 bits per heavy atom. The molecule has 1 N–H and O–H groups in total. The molecule has 0 saturated carbocycles. The molecule has 0 bridgehead atoms. The first-order valence-corrected chi connectivity index (χ1v) is 6.30. The van der Waals surface area contributed by atoms with Gasteiger partial charge in [0.2, 0.25) is 0 Å². The van der Waals surface area contributed by atoms with Crippen LogP contribution in [0, 0.1) is 5.82 Å². The van der Waals surface area contributed by atoms with Crippen LogP contribution in [0.15, 0.2) is 24.3 Å². The van der Waals surface area contributed by atoms with E-state index in [4.69, 9.17) is 4.74 Å². The van der Waals surface area contributed by atoms with Crippen LogP contribution in [0.4, 0.5) is 4.39 Å². The van der Waals surface area contributed by atoms with E-state index in [0.717, 1.165) is 0 Å². The number of β-amino-alcohol motifs (C(OH)–C–C–N with tert-alkyl or cyclic N) is 1. The number of aliphatic hydroxyl groups is 1. The Morgan fingerprint density at radius 1 is 1.42 bits per heavy atom. The number of nitrogens with zero attached hydrogens (tertiary/aromatic N) is 1. The quantitative estimate of drug-likeness (QED) is 0.904. The van der Waals surface area contributed by atoms with E-state index >= 15 is 0 Å². The molecule has 1 atom stereocenters.